The van der Waals surface area contributed by atoms with Crippen LogP contribution >= 0.6 is 0 Å². The molecule has 0 aliphatic carbocycles. The zero-order valence-electron chi connectivity index (χ0n) is 6.07. The molecule has 0 spiro atoms. The van der Waals surface area contributed by atoms with Gasteiger partial charge in [-0.2, -0.15) is 0 Å². The molecule has 0 saturated carbocycles. The highest BCUT2D eigenvalue weighted by Gasteiger charge is 2.23. The number of carboxylic acids is 1. The quantitative estimate of drug-likeness (QED) is 0.605. The van der Waals surface area contributed by atoms with Gasteiger partial charge < -0.3 is 5.11 Å². The van der Waals surface area contributed by atoms with E-state index in [0.29, 0.717) is 6.42 Å². The van der Waals surface area contributed by atoms with Gasteiger partial charge in [-0.1, -0.05) is 25.4 Å². The average molecular weight is 145 g/mol. The van der Waals surface area contributed by atoms with Crippen molar-refractivity contribution in [1.82, 2.24) is 0 Å². The van der Waals surface area contributed by atoms with Crippen LogP contribution in [0, 0.1) is 10.8 Å². The summed E-state index contributed by atoms with van der Waals surface area (Å²) in [5.74, 6) is -1.31. The molecule has 2 atom stereocenters. The number of nitroso groups, excluding NO2 is 1. The highest BCUT2D eigenvalue weighted by molar-refractivity contribution is 5.73. The minimum absolute atomic E-state index is 0.171. The van der Waals surface area contributed by atoms with Crippen molar-refractivity contribution >= 4 is 5.97 Å². The van der Waals surface area contributed by atoms with Crippen LogP contribution in [0.15, 0.2) is 5.18 Å². The number of carbonyl (C=O) groups is 1. The zero-order valence-corrected chi connectivity index (χ0v) is 6.07. The highest BCUT2D eigenvalue weighted by atomic mass is 16.4. The third kappa shape index (κ3) is 2.13. The smallest absolute Gasteiger partial charge is 0.332 e. The second-order valence-electron chi connectivity index (χ2n) is 2.27. The maximum Gasteiger partial charge on any atom is 0.332 e. The molecule has 0 aromatic heterocycles. The molecule has 0 heterocycles. The third-order valence-electron chi connectivity index (χ3n) is 1.55. The van der Waals surface area contributed by atoms with E-state index < -0.39 is 12.0 Å². The first-order valence-electron chi connectivity index (χ1n) is 3.18. The van der Waals surface area contributed by atoms with Crippen molar-refractivity contribution in [1.29, 1.82) is 0 Å². The van der Waals surface area contributed by atoms with Crippen molar-refractivity contribution in [3.05, 3.63) is 4.91 Å². The van der Waals surface area contributed by atoms with Crippen LogP contribution < -0.4 is 0 Å². The van der Waals surface area contributed by atoms with Gasteiger partial charge in [0, 0.05) is 0 Å². The molecule has 0 bridgehead atoms. The molecule has 4 heteroatoms. The largest absolute Gasteiger partial charge is 0.480 e. The highest BCUT2D eigenvalue weighted by Crippen LogP contribution is 2.10. The summed E-state index contributed by atoms with van der Waals surface area (Å²) < 4.78 is 0. The Morgan fingerprint density at radius 1 is 1.70 bits per heavy atom. The lowest BCUT2D eigenvalue weighted by Crippen LogP contribution is -2.24. The van der Waals surface area contributed by atoms with Crippen LogP contribution in [-0.4, -0.2) is 17.1 Å². The molecule has 0 amide bonds. The molecule has 10 heavy (non-hydrogen) atoms. The molecule has 0 aliphatic rings. The minimum Gasteiger partial charge on any atom is -0.480 e. The Hall–Kier alpha value is -0.930. The van der Waals surface area contributed by atoms with E-state index in [0.717, 1.165) is 0 Å². The first-order valence-corrected chi connectivity index (χ1v) is 3.18. The van der Waals surface area contributed by atoms with Gasteiger partial charge in [-0.3, -0.25) is 0 Å². The molecule has 0 unspecified atom stereocenters. The molecule has 1 N–H and O–H groups in total. The molecule has 0 saturated heterocycles. The van der Waals surface area contributed by atoms with Crippen LogP contribution in [-0.2, 0) is 4.79 Å². The van der Waals surface area contributed by atoms with Gasteiger partial charge in [0.15, 0.2) is 6.04 Å². The molecule has 0 aliphatic heterocycles. The number of rotatable bonds is 4. The Morgan fingerprint density at radius 2 is 2.20 bits per heavy atom. The normalized spacial score (nSPS) is 15.8. The summed E-state index contributed by atoms with van der Waals surface area (Å²) in [5, 5.41) is 10.9. The summed E-state index contributed by atoms with van der Waals surface area (Å²) in [7, 11) is 0. The lowest BCUT2D eigenvalue weighted by Gasteiger charge is -2.09. The second kappa shape index (κ2) is 3.98. The number of nitrogens with zero attached hydrogens (tertiary/aromatic N) is 1. The lowest BCUT2D eigenvalue weighted by atomic mass is 10.0. The van der Waals surface area contributed by atoms with Crippen LogP contribution in [0.5, 0.6) is 0 Å². The number of hydrogen-bond donors (Lipinski definition) is 1. The molecule has 0 fully saturated rings. The Morgan fingerprint density at radius 3 is 2.30 bits per heavy atom. The Bertz CT molecular complexity index is 135. The predicted octanol–water partition coefficient (Wildman–Crippen LogP) is 1.25. The van der Waals surface area contributed by atoms with Gasteiger partial charge in [-0.05, 0) is 5.92 Å². The summed E-state index contributed by atoms with van der Waals surface area (Å²) in [4.78, 5) is 20.2. The second-order valence-corrected chi connectivity index (χ2v) is 2.27. The van der Waals surface area contributed by atoms with Crippen LogP contribution in [0.4, 0.5) is 0 Å². The molecule has 0 aromatic carbocycles. The zero-order chi connectivity index (χ0) is 8.15. The van der Waals surface area contributed by atoms with Gasteiger partial charge in [0.1, 0.15) is 0 Å². The van der Waals surface area contributed by atoms with Crippen molar-refractivity contribution in [2.75, 3.05) is 0 Å². The Kier molecular flexibility index (Phi) is 3.61. The van der Waals surface area contributed by atoms with Crippen LogP contribution in [0.3, 0.4) is 0 Å². The van der Waals surface area contributed by atoms with Crippen molar-refractivity contribution in [3.63, 3.8) is 0 Å². The maximum absolute atomic E-state index is 10.2. The van der Waals surface area contributed by atoms with E-state index in [2.05, 4.69) is 5.18 Å². The van der Waals surface area contributed by atoms with Gasteiger partial charge in [-0.25, -0.2) is 4.79 Å². The van der Waals surface area contributed by atoms with Crippen LogP contribution in [0.2, 0.25) is 0 Å². The van der Waals surface area contributed by atoms with Gasteiger partial charge in [0.25, 0.3) is 0 Å². The first kappa shape index (κ1) is 9.07. The summed E-state index contributed by atoms with van der Waals surface area (Å²) in [6.45, 7) is 3.52. The number of aliphatic carboxylic acids is 1. The van der Waals surface area contributed by atoms with E-state index in [4.69, 9.17) is 5.11 Å². The molecule has 4 nitrogen and oxygen atoms in total. The fourth-order valence-electron chi connectivity index (χ4n) is 0.616. The van der Waals surface area contributed by atoms with E-state index in [9.17, 15) is 9.70 Å². The first-order chi connectivity index (χ1) is 4.63. The van der Waals surface area contributed by atoms with Crippen molar-refractivity contribution in [3.8, 4) is 0 Å². The predicted molar refractivity (Wildman–Crippen MR) is 36.7 cm³/mol. The topological polar surface area (TPSA) is 66.7 Å². The number of carboxylic acid groups (broad SMARTS) is 1. The molecular formula is C6H11NO3. The van der Waals surface area contributed by atoms with E-state index in [1.807, 2.05) is 6.92 Å². The minimum atomic E-state index is -1.13. The lowest BCUT2D eigenvalue weighted by molar-refractivity contribution is -0.139. The Labute approximate surface area is 59.2 Å². The molecule has 0 rings (SSSR count). The van der Waals surface area contributed by atoms with Crippen LogP contribution in [0.25, 0.3) is 0 Å². The summed E-state index contributed by atoms with van der Waals surface area (Å²) in [6.07, 6.45) is 0.655. The SMILES string of the molecule is CC[C@H](C)[C@H](N=O)C(=O)O. The van der Waals surface area contributed by atoms with E-state index in [-0.39, 0.29) is 5.92 Å². The van der Waals surface area contributed by atoms with Crippen molar-refractivity contribution in [2.24, 2.45) is 11.1 Å². The van der Waals surface area contributed by atoms with Gasteiger partial charge >= 0.3 is 5.97 Å². The van der Waals surface area contributed by atoms with Gasteiger partial charge in [0.05, 0.1) is 0 Å². The average Bonchev–Trinajstić information content (AvgIpc) is 1.88. The fraction of sp³-hybridized carbons (Fsp3) is 0.833. The van der Waals surface area contributed by atoms with E-state index in [1.54, 1.807) is 6.92 Å². The molecular weight excluding hydrogens is 134 g/mol. The van der Waals surface area contributed by atoms with Gasteiger partial charge in [0.2, 0.25) is 0 Å². The summed E-state index contributed by atoms with van der Waals surface area (Å²) in [6, 6.07) is -1.08. The summed E-state index contributed by atoms with van der Waals surface area (Å²) in [5.41, 5.74) is 0. The van der Waals surface area contributed by atoms with E-state index in [1.165, 1.54) is 0 Å². The van der Waals surface area contributed by atoms with Crippen molar-refractivity contribution in [2.45, 2.75) is 26.3 Å². The summed E-state index contributed by atoms with van der Waals surface area (Å²) >= 11 is 0. The van der Waals surface area contributed by atoms with Crippen molar-refractivity contribution < 1.29 is 9.90 Å². The molecule has 0 radical (unpaired) electrons. The van der Waals surface area contributed by atoms with Gasteiger partial charge in [-0.15, -0.1) is 4.91 Å². The fourth-order valence-corrected chi connectivity index (χ4v) is 0.616. The molecule has 0 aromatic rings. The maximum atomic E-state index is 10.2. The Balaban J connectivity index is 4.05. The third-order valence-corrected chi connectivity index (χ3v) is 1.55. The van der Waals surface area contributed by atoms with E-state index >= 15 is 0 Å². The standard InChI is InChI=1S/C6H11NO3/c1-3-4(2)5(7-10)6(8)9/h4-5H,3H2,1-2H3,(H,8,9)/t4-,5-/m0/s1. The van der Waals surface area contributed by atoms with Crippen LogP contribution in [0.1, 0.15) is 20.3 Å². The number of hydrogen-bond acceptors (Lipinski definition) is 3. The monoisotopic (exact) mass is 145 g/mol. The molecule has 58 valence electrons.